The predicted octanol–water partition coefficient (Wildman–Crippen LogP) is 3.38. The number of benzene rings is 2. The molecule has 0 aliphatic carbocycles. The van der Waals surface area contributed by atoms with Gasteiger partial charge >= 0.3 is 0 Å². The molecular formula is C20H26N2O3. The first-order valence-corrected chi connectivity index (χ1v) is 8.47. The van der Waals surface area contributed by atoms with Crippen LogP contribution >= 0.6 is 0 Å². The molecule has 1 amide bonds. The number of rotatable bonds is 9. The SMILES string of the molecule is CCNCc1ccccc1NC(=O)CCc1cc(OC)ccc1OC. The summed E-state index contributed by atoms with van der Waals surface area (Å²) in [6.45, 7) is 3.68. The fourth-order valence-corrected chi connectivity index (χ4v) is 2.59. The molecule has 0 aliphatic rings. The fraction of sp³-hybridized carbons (Fsp3) is 0.350. The molecule has 2 aromatic rings. The van der Waals surface area contributed by atoms with Crippen molar-refractivity contribution in [1.29, 1.82) is 0 Å². The summed E-state index contributed by atoms with van der Waals surface area (Å²) in [5.74, 6) is 1.50. The summed E-state index contributed by atoms with van der Waals surface area (Å²) in [6, 6.07) is 13.5. The number of ether oxygens (including phenoxy) is 2. The maximum atomic E-state index is 12.4. The number of para-hydroxylation sites is 1. The molecule has 0 heterocycles. The van der Waals surface area contributed by atoms with Gasteiger partial charge in [0.15, 0.2) is 0 Å². The van der Waals surface area contributed by atoms with Gasteiger partial charge in [-0.25, -0.2) is 0 Å². The smallest absolute Gasteiger partial charge is 0.224 e. The summed E-state index contributed by atoms with van der Waals surface area (Å²) in [5, 5.41) is 6.29. The first-order chi connectivity index (χ1) is 12.2. The van der Waals surface area contributed by atoms with Crippen LogP contribution in [0.25, 0.3) is 0 Å². The number of hydrogen-bond donors (Lipinski definition) is 2. The molecule has 134 valence electrons. The number of amides is 1. The normalized spacial score (nSPS) is 10.4. The van der Waals surface area contributed by atoms with E-state index in [0.29, 0.717) is 12.8 Å². The maximum Gasteiger partial charge on any atom is 0.224 e. The van der Waals surface area contributed by atoms with Gasteiger partial charge in [0, 0.05) is 18.7 Å². The summed E-state index contributed by atoms with van der Waals surface area (Å²) in [7, 11) is 3.25. The van der Waals surface area contributed by atoms with Crippen molar-refractivity contribution < 1.29 is 14.3 Å². The average molecular weight is 342 g/mol. The Hall–Kier alpha value is -2.53. The molecule has 5 heteroatoms. The summed E-state index contributed by atoms with van der Waals surface area (Å²) in [4.78, 5) is 12.4. The van der Waals surface area contributed by atoms with Gasteiger partial charge < -0.3 is 20.1 Å². The van der Waals surface area contributed by atoms with E-state index in [1.807, 2.05) is 42.5 Å². The minimum atomic E-state index is -0.0196. The van der Waals surface area contributed by atoms with Gasteiger partial charge in [-0.05, 0) is 48.4 Å². The molecule has 0 saturated carbocycles. The van der Waals surface area contributed by atoms with E-state index in [0.717, 1.165) is 41.4 Å². The predicted molar refractivity (Wildman–Crippen MR) is 100 cm³/mol. The molecule has 2 rings (SSSR count). The molecule has 0 saturated heterocycles. The minimum Gasteiger partial charge on any atom is -0.497 e. The molecule has 5 nitrogen and oxygen atoms in total. The second kappa shape index (κ2) is 9.69. The zero-order valence-corrected chi connectivity index (χ0v) is 15.1. The highest BCUT2D eigenvalue weighted by Crippen LogP contribution is 2.25. The Kier molecular flexibility index (Phi) is 7.29. The highest BCUT2D eigenvalue weighted by Gasteiger charge is 2.10. The highest BCUT2D eigenvalue weighted by molar-refractivity contribution is 5.91. The number of aryl methyl sites for hydroxylation is 1. The van der Waals surface area contributed by atoms with E-state index in [4.69, 9.17) is 9.47 Å². The molecule has 0 atom stereocenters. The Balaban J connectivity index is 2.00. The lowest BCUT2D eigenvalue weighted by Crippen LogP contribution is -2.17. The lowest BCUT2D eigenvalue weighted by atomic mass is 10.1. The van der Waals surface area contributed by atoms with Crippen LogP contribution in [0.15, 0.2) is 42.5 Å². The average Bonchev–Trinajstić information content (AvgIpc) is 2.65. The van der Waals surface area contributed by atoms with E-state index in [2.05, 4.69) is 17.6 Å². The van der Waals surface area contributed by atoms with Crippen molar-refractivity contribution in [2.24, 2.45) is 0 Å². The monoisotopic (exact) mass is 342 g/mol. The molecule has 0 radical (unpaired) electrons. The Morgan fingerprint density at radius 3 is 2.56 bits per heavy atom. The Bertz CT molecular complexity index is 701. The van der Waals surface area contributed by atoms with Crippen LogP contribution in [0.4, 0.5) is 5.69 Å². The maximum absolute atomic E-state index is 12.4. The third-order valence-electron chi connectivity index (χ3n) is 3.97. The van der Waals surface area contributed by atoms with Gasteiger partial charge in [-0.3, -0.25) is 4.79 Å². The van der Waals surface area contributed by atoms with Gasteiger partial charge in [0.1, 0.15) is 11.5 Å². The highest BCUT2D eigenvalue weighted by atomic mass is 16.5. The van der Waals surface area contributed by atoms with Crippen LogP contribution in [0.5, 0.6) is 11.5 Å². The van der Waals surface area contributed by atoms with Crippen LogP contribution in [0, 0.1) is 0 Å². The number of carbonyl (C=O) groups is 1. The van der Waals surface area contributed by atoms with E-state index in [9.17, 15) is 4.79 Å². The van der Waals surface area contributed by atoms with E-state index >= 15 is 0 Å². The first-order valence-electron chi connectivity index (χ1n) is 8.47. The van der Waals surface area contributed by atoms with E-state index in [-0.39, 0.29) is 5.91 Å². The zero-order chi connectivity index (χ0) is 18.1. The third-order valence-corrected chi connectivity index (χ3v) is 3.97. The van der Waals surface area contributed by atoms with Crippen LogP contribution < -0.4 is 20.1 Å². The lowest BCUT2D eigenvalue weighted by Gasteiger charge is -2.13. The Morgan fingerprint density at radius 2 is 1.84 bits per heavy atom. The van der Waals surface area contributed by atoms with Crippen molar-refractivity contribution >= 4 is 11.6 Å². The molecule has 0 fully saturated rings. The minimum absolute atomic E-state index is 0.0196. The zero-order valence-electron chi connectivity index (χ0n) is 15.1. The van der Waals surface area contributed by atoms with E-state index in [1.165, 1.54) is 0 Å². The summed E-state index contributed by atoms with van der Waals surface area (Å²) in [6.07, 6.45) is 0.959. The van der Waals surface area contributed by atoms with Gasteiger partial charge in [0.05, 0.1) is 14.2 Å². The van der Waals surface area contributed by atoms with Crippen molar-refractivity contribution in [3.8, 4) is 11.5 Å². The Morgan fingerprint density at radius 1 is 1.04 bits per heavy atom. The van der Waals surface area contributed by atoms with Crippen LogP contribution in [0.1, 0.15) is 24.5 Å². The molecule has 0 aromatic heterocycles. The van der Waals surface area contributed by atoms with E-state index in [1.54, 1.807) is 14.2 Å². The second-order valence-electron chi connectivity index (χ2n) is 5.66. The molecule has 25 heavy (non-hydrogen) atoms. The molecule has 0 bridgehead atoms. The second-order valence-corrected chi connectivity index (χ2v) is 5.66. The van der Waals surface area contributed by atoms with Crippen LogP contribution in [0.3, 0.4) is 0 Å². The standard InChI is InChI=1S/C20H26N2O3/c1-4-21-14-16-7-5-6-8-18(16)22-20(23)12-9-15-13-17(24-2)10-11-19(15)25-3/h5-8,10-11,13,21H,4,9,12,14H2,1-3H3,(H,22,23). The number of carbonyl (C=O) groups excluding carboxylic acids is 1. The van der Waals surface area contributed by atoms with Crippen LogP contribution in [-0.2, 0) is 17.8 Å². The van der Waals surface area contributed by atoms with Crippen LogP contribution in [0.2, 0.25) is 0 Å². The fourth-order valence-electron chi connectivity index (χ4n) is 2.59. The molecular weight excluding hydrogens is 316 g/mol. The van der Waals surface area contributed by atoms with E-state index < -0.39 is 0 Å². The summed E-state index contributed by atoms with van der Waals surface area (Å²) in [5.41, 5.74) is 2.89. The number of hydrogen-bond acceptors (Lipinski definition) is 4. The third kappa shape index (κ3) is 5.50. The molecule has 2 aromatic carbocycles. The van der Waals surface area contributed by atoms with Gasteiger partial charge in [-0.15, -0.1) is 0 Å². The topological polar surface area (TPSA) is 59.6 Å². The first kappa shape index (κ1) is 18.8. The lowest BCUT2D eigenvalue weighted by molar-refractivity contribution is -0.116. The molecule has 2 N–H and O–H groups in total. The quantitative estimate of drug-likeness (QED) is 0.733. The largest absolute Gasteiger partial charge is 0.497 e. The van der Waals surface area contributed by atoms with Crippen molar-refractivity contribution in [3.63, 3.8) is 0 Å². The van der Waals surface area contributed by atoms with Crippen molar-refractivity contribution in [1.82, 2.24) is 5.32 Å². The van der Waals surface area contributed by atoms with Crippen molar-refractivity contribution in [3.05, 3.63) is 53.6 Å². The number of methoxy groups -OCH3 is 2. The van der Waals surface area contributed by atoms with Crippen molar-refractivity contribution in [2.45, 2.75) is 26.3 Å². The Labute approximate surface area is 149 Å². The molecule has 0 spiro atoms. The van der Waals surface area contributed by atoms with Crippen LogP contribution in [-0.4, -0.2) is 26.7 Å². The van der Waals surface area contributed by atoms with Gasteiger partial charge in [-0.1, -0.05) is 25.1 Å². The number of nitrogens with one attached hydrogen (secondary N) is 2. The number of anilines is 1. The van der Waals surface area contributed by atoms with Gasteiger partial charge in [-0.2, -0.15) is 0 Å². The summed E-state index contributed by atoms with van der Waals surface area (Å²) < 4.78 is 10.6. The molecule has 0 aliphatic heterocycles. The summed E-state index contributed by atoms with van der Waals surface area (Å²) >= 11 is 0. The molecule has 0 unspecified atom stereocenters. The van der Waals surface area contributed by atoms with Gasteiger partial charge in [0.25, 0.3) is 0 Å². The van der Waals surface area contributed by atoms with Gasteiger partial charge in [0.2, 0.25) is 5.91 Å². The van der Waals surface area contributed by atoms with Crippen molar-refractivity contribution in [2.75, 3.05) is 26.1 Å².